The summed E-state index contributed by atoms with van der Waals surface area (Å²) >= 11 is 0. The van der Waals surface area contributed by atoms with E-state index in [2.05, 4.69) is 5.32 Å². The van der Waals surface area contributed by atoms with Crippen molar-refractivity contribution in [3.05, 3.63) is 57.6 Å². The number of nitro benzene ring substituents is 1. The van der Waals surface area contributed by atoms with E-state index in [-0.39, 0.29) is 16.3 Å². The molecule has 0 radical (unpaired) electrons. The summed E-state index contributed by atoms with van der Waals surface area (Å²) < 4.78 is 22.7. The summed E-state index contributed by atoms with van der Waals surface area (Å²) in [4.78, 5) is 10.3. The first kappa shape index (κ1) is 16.9. The van der Waals surface area contributed by atoms with Crippen LogP contribution < -0.4 is 10.5 Å². The molecule has 0 heterocycles. The number of anilines is 2. The summed E-state index contributed by atoms with van der Waals surface area (Å²) in [5.74, 6) is 0. The number of nitrogens with two attached hydrogens (primary N) is 1. The number of hydrogen-bond donors (Lipinski definition) is 2. The van der Waals surface area contributed by atoms with Gasteiger partial charge in [0.25, 0.3) is 5.69 Å². The first-order valence-electron chi connectivity index (χ1n) is 6.90. The number of benzene rings is 2. The maximum absolute atomic E-state index is 11.3. The minimum Gasteiger partial charge on any atom is -0.350 e. The smallest absolute Gasteiger partial charge is 0.294 e. The van der Waals surface area contributed by atoms with Crippen molar-refractivity contribution >= 4 is 27.1 Å². The molecule has 0 aliphatic carbocycles. The van der Waals surface area contributed by atoms with Crippen LogP contribution in [0.3, 0.4) is 0 Å². The van der Waals surface area contributed by atoms with Crippen molar-refractivity contribution in [1.82, 2.24) is 0 Å². The van der Waals surface area contributed by atoms with Gasteiger partial charge in [-0.2, -0.15) is 0 Å². The van der Waals surface area contributed by atoms with E-state index in [0.717, 1.165) is 23.6 Å². The summed E-state index contributed by atoms with van der Waals surface area (Å²) in [6, 6.07) is 9.17. The molecule has 7 nitrogen and oxygen atoms in total. The monoisotopic (exact) mass is 335 g/mol. The number of nitro groups is 1. The van der Waals surface area contributed by atoms with Crippen molar-refractivity contribution in [2.24, 2.45) is 5.14 Å². The van der Waals surface area contributed by atoms with Gasteiger partial charge in [0, 0.05) is 11.8 Å². The van der Waals surface area contributed by atoms with Crippen LogP contribution in [0.25, 0.3) is 0 Å². The second-order valence-electron chi connectivity index (χ2n) is 5.10. The lowest BCUT2D eigenvalue weighted by molar-refractivity contribution is -0.384. The molecule has 122 valence electrons. The summed E-state index contributed by atoms with van der Waals surface area (Å²) in [5.41, 5.74) is 2.80. The zero-order valence-corrected chi connectivity index (χ0v) is 13.6. The second-order valence-corrected chi connectivity index (χ2v) is 6.66. The van der Waals surface area contributed by atoms with Gasteiger partial charge in [0.15, 0.2) is 0 Å². The first-order chi connectivity index (χ1) is 10.7. The standard InChI is InChI=1S/C15H17N3O4S/c1-3-11-8-12(5-4-10(11)2)17-14-7-6-13(23(16,21)22)9-15(14)18(19)20/h4-9,17H,3H2,1-2H3,(H2,16,21,22). The third-order valence-electron chi connectivity index (χ3n) is 3.50. The largest absolute Gasteiger partial charge is 0.350 e. The average Bonchev–Trinajstić information content (AvgIpc) is 2.48. The highest BCUT2D eigenvalue weighted by Gasteiger charge is 2.19. The van der Waals surface area contributed by atoms with E-state index in [1.54, 1.807) is 0 Å². The number of hydrogen-bond acceptors (Lipinski definition) is 5. The fourth-order valence-electron chi connectivity index (χ4n) is 2.23. The Kier molecular flexibility index (Phi) is 4.67. The number of sulfonamides is 1. The van der Waals surface area contributed by atoms with Gasteiger partial charge in [0.2, 0.25) is 10.0 Å². The fraction of sp³-hybridized carbons (Fsp3) is 0.200. The molecule has 8 heteroatoms. The van der Waals surface area contributed by atoms with Crippen LogP contribution in [-0.4, -0.2) is 13.3 Å². The summed E-state index contributed by atoms with van der Waals surface area (Å²) in [5, 5.41) is 19.2. The number of nitrogens with zero attached hydrogens (tertiary/aromatic N) is 1. The predicted molar refractivity (Wildman–Crippen MR) is 88.3 cm³/mol. The minimum absolute atomic E-state index is 0.202. The van der Waals surface area contributed by atoms with Crippen molar-refractivity contribution < 1.29 is 13.3 Å². The van der Waals surface area contributed by atoms with Crippen LogP contribution in [0.2, 0.25) is 0 Å². The Bertz CT molecular complexity index is 863. The molecule has 0 aliphatic heterocycles. The third kappa shape index (κ3) is 3.85. The van der Waals surface area contributed by atoms with Gasteiger partial charge in [-0.1, -0.05) is 13.0 Å². The molecule has 0 bridgehead atoms. The van der Waals surface area contributed by atoms with Crippen molar-refractivity contribution in [3.63, 3.8) is 0 Å². The lowest BCUT2D eigenvalue weighted by Crippen LogP contribution is -2.12. The Balaban J connectivity index is 2.46. The Labute approximate surface area is 134 Å². The lowest BCUT2D eigenvalue weighted by Gasteiger charge is -2.11. The molecule has 0 atom stereocenters. The number of rotatable bonds is 5. The van der Waals surface area contributed by atoms with E-state index in [9.17, 15) is 18.5 Å². The van der Waals surface area contributed by atoms with Gasteiger partial charge in [-0.05, 0) is 48.7 Å². The zero-order chi connectivity index (χ0) is 17.2. The van der Waals surface area contributed by atoms with E-state index in [4.69, 9.17) is 5.14 Å². The molecular formula is C15H17N3O4S. The summed E-state index contributed by atoms with van der Waals surface area (Å²) in [6.45, 7) is 4.02. The van der Waals surface area contributed by atoms with E-state index in [0.29, 0.717) is 5.69 Å². The summed E-state index contributed by atoms with van der Waals surface area (Å²) in [7, 11) is -4.00. The molecule has 0 aliphatic rings. The van der Waals surface area contributed by atoms with Crippen LogP contribution in [0.15, 0.2) is 41.3 Å². The Morgan fingerprint density at radius 3 is 2.48 bits per heavy atom. The average molecular weight is 335 g/mol. The summed E-state index contributed by atoms with van der Waals surface area (Å²) in [6.07, 6.45) is 0.841. The van der Waals surface area contributed by atoms with Crippen molar-refractivity contribution in [2.45, 2.75) is 25.2 Å². The van der Waals surface area contributed by atoms with E-state index in [1.165, 1.54) is 12.1 Å². The molecule has 23 heavy (non-hydrogen) atoms. The highest BCUT2D eigenvalue weighted by Crippen LogP contribution is 2.30. The second kappa shape index (κ2) is 6.35. The third-order valence-corrected chi connectivity index (χ3v) is 4.41. The highest BCUT2D eigenvalue weighted by molar-refractivity contribution is 7.89. The molecule has 0 aromatic heterocycles. The molecule has 0 amide bonds. The number of nitrogens with one attached hydrogen (secondary N) is 1. The normalized spacial score (nSPS) is 11.3. The highest BCUT2D eigenvalue weighted by atomic mass is 32.2. The van der Waals surface area contributed by atoms with Gasteiger partial charge < -0.3 is 5.32 Å². The van der Waals surface area contributed by atoms with Gasteiger partial charge >= 0.3 is 0 Å². The molecule has 3 N–H and O–H groups in total. The van der Waals surface area contributed by atoms with Gasteiger partial charge in [-0.3, -0.25) is 10.1 Å². The molecule has 0 fully saturated rings. The maximum atomic E-state index is 11.3. The topological polar surface area (TPSA) is 115 Å². The molecule has 0 spiro atoms. The van der Waals surface area contributed by atoms with Crippen molar-refractivity contribution in [2.75, 3.05) is 5.32 Å². The Hall–Kier alpha value is -2.45. The molecule has 2 aromatic rings. The number of primary sulfonamides is 1. The molecule has 0 saturated heterocycles. The zero-order valence-electron chi connectivity index (χ0n) is 12.7. The molecular weight excluding hydrogens is 318 g/mol. The minimum atomic E-state index is -4.00. The predicted octanol–water partition coefficient (Wildman–Crippen LogP) is 2.86. The Morgan fingerprint density at radius 1 is 1.22 bits per heavy atom. The van der Waals surface area contributed by atoms with E-state index < -0.39 is 14.9 Å². The lowest BCUT2D eigenvalue weighted by atomic mass is 10.1. The number of aryl methyl sites for hydroxylation is 2. The van der Waals surface area contributed by atoms with Crippen molar-refractivity contribution in [1.29, 1.82) is 0 Å². The first-order valence-corrected chi connectivity index (χ1v) is 8.44. The molecule has 2 rings (SSSR count). The van der Waals surface area contributed by atoms with Crippen LogP contribution in [-0.2, 0) is 16.4 Å². The van der Waals surface area contributed by atoms with E-state index >= 15 is 0 Å². The maximum Gasteiger partial charge on any atom is 0.294 e. The van der Waals surface area contributed by atoms with E-state index in [1.807, 2.05) is 32.0 Å². The fourth-order valence-corrected chi connectivity index (χ4v) is 2.76. The SMILES string of the molecule is CCc1cc(Nc2ccc(S(N)(=O)=O)cc2[N+](=O)[O-])ccc1C. The molecule has 2 aromatic carbocycles. The van der Waals surface area contributed by atoms with Gasteiger partial charge in [-0.25, -0.2) is 13.6 Å². The van der Waals surface area contributed by atoms with Crippen LogP contribution in [0.1, 0.15) is 18.1 Å². The van der Waals surface area contributed by atoms with Gasteiger partial charge in [0.05, 0.1) is 9.82 Å². The Morgan fingerprint density at radius 2 is 1.91 bits per heavy atom. The van der Waals surface area contributed by atoms with Gasteiger partial charge in [0.1, 0.15) is 5.69 Å². The van der Waals surface area contributed by atoms with Crippen LogP contribution in [0.5, 0.6) is 0 Å². The molecule has 0 saturated carbocycles. The van der Waals surface area contributed by atoms with Crippen LogP contribution in [0, 0.1) is 17.0 Å². The quantitative estimate of drug-likeness (QED) is 0.644. The van der Waals surface area contributed by atoms with Gasteiger partial charge in [-0.15, -0.1) is 0 Å². The van der Waals surface area contributed by atoms with Crippen LogP contribution in [0.4, 0.5) is 17.1 Å². The van der Waals surface area contributed by atoms with Crippen molar-refractivity contribution in [3.8, 4) is 0 Å². The molecule has 0 unspecified atom stereocenters. The van der Waals surface area contributed by atoms with Crippen LogP contribution >= 0.6 is 0 Å².